The molecule has 0 fully saturated rings. The maximum absolute atomic E-state index is 10.6. The molecule has 0 atom stereocenters. The molecular weight excluding hydrogens is 328 g/mol. The largest absolute Gasteiger partial charge is 0.550 e. The summed E-state index contributed by atoms with van der Waals surface area (Å²) in [4.78, 5) is 10.6. The molecular formula is C17H17N2O4S-. The number of carboxylic acids is 1. The van der Waals surface area contributed by atoms with E-state index in [1.807, 2.05) is 6.07 Å². The fraction of sp³-hybridized carbons (Fsp3) is 0.176. The molecule has 0 aliphatic carbocycles. The number of thiocarbonyl (C=S) groups is 1. The van der Waals surface area contributed by atoms with Gasteiger partial charge in [-0.3, -0.25) is 0 Å². The molecule has 0 heterocycles. The van der Waals surface area contributed by atoms with E-state index < -0.39 is 5.97 Å². The summed E-state index contributed by atoms with van der Waals surface area (Å²) in [6.45, 7) is 0. The molecule has 24 heavy (non-hydrogen) atoms. The molecule has 7 heteroatoms. The SMILES string of the molecule is COc1ccc(NC(=S)Nc2ccc(CC(=O)[O-])cc2)cc1OC. The van der Waals surface area contributed by atoms with Crippen LogP contribution in [-0.2, 0) is 11.2 Å². The van der Waals surface area contributed by atoms with Crippen molar-refractivity contribution in [2.45, 2.75) is 6.42 Å². The Morgan fingerprint density at radius 2 is 1.58 bits per heavy atom. The fourth-order valence-electron chi connectivity index (χ4n) is 2.08. The number of nitrogens with one attached hydrogen (secondary N) is 2. The van der Waals surface area contributed by atoms with E-state index in [2.05, 4.69) is 10.6 Å². The second-order valence-corrected chi connectivity index (χ2v) is 5.30. The number of rotatable bonds is 6. The Kier molecular flexibility index (Phi) is 5.97. The molecule has 2 aromatic rings. The van der Waals surface area contributed by atoms with E-state index >= 15 is 0 Å². The van der Waals surface area contributed by atoms with Crippen molar-refractivity contribution >= 4 is 34.7 Å². The van der Waals surface area contributed by atoms with Crippen LogP contribution in [0.4, 0.5) is 11.4 Å². The van der Waals surface area contributed by atoms with E-state index in [1.165, 1.54) is 0 Å². The summed E-state index contributed by atoms with van der Waals surface area (Å²) in [6, 6.07) is 12.3. The number of aliphatic carboxylic acids is 1. The zero-order valence-corrected chi connectivity index (χ0v) is 14.1. The number of hydrogen-bond acceptors (Lipinski definition) is 5. The molecule has 0 unspecified atom stereocenters. The average molecular weight is 345 g/mol. The van der Waals surface area contributed by atoms with Gasteiger partial charge in [-0.25, -0.2) is 0 Å². The molecule has 6 nitrogen and oxygen atoms in total. The Morgan fingerprint density at radius 1 is 1.00 bits per heavy atom. The van der Waals surface area contributed by atoms with E-state index in [-0.39, 0.29) is 6.42 Å². The molecule has 0 aliphatic rings. The van der Waals surface area contributed by atoms with Gasteiger partial charge in [0.1, 0.15) is 0 Å². The third-order valence-corrected chi connectivity index (χ3v) is 3.41. The molecule has 2 N–H and O–H groups in total. The summed E-state index contributed by atoms with van der Waals surface area (Å²) in [7, 11) is 3.13. The van der Waals surface area contributed by atoms with Gasteiger partial charge in [0, 0.05) is 29.8 Å². The Bertz CT molecular complexity index is 732. The first-order chi connectivity index (χ1) is 11.5. The van der Waals surface area contributed by atoms with Crippen molar-refractivity contribution < 1.29 is 19.4 Å². The van der Waals surface area contributed by atoms with E-state index in [9.17, 15) is 9.90 Å². The van der Waals surface area contributed by atoms with Crippen LogP contribution in [0.3, 0.4) is 0 Å². The summed E-state index contributed by atoms with van der Waals surface area (Å²) < 4.78 is 10.4. The van der Waals surface area contributed by atoms with E-state index in [4.69, 9.17) is 21.7 Å². The first-order valence-electron chi connectivity index (χ1n) is 7.10. The van der Waals surface area contributed by atoms with Gasteiger partial charge in [-0.15, -0.1) is 0 Å². The number of ether oxygens (including phenoxy) is 2. The van der Waals surface area contributed by atoms with Gasteiger partial charge in [-0.1, -0.05) is 12.1 Å². The lowest BCUT2D eigenvalue weighted by molar-refractivity contribution is -0.304. The molecule has 0 aromatic heterocycles. The molecule has 0 radical (unpaired) electrons. The van der Waals surface area contributed by atoms with Gasteiger partial charge >= 0.3 is 0 Å². The van der Waals surface area contributed by atoms with Crippen LogP contribution >= 0.6 is 12.2 Å². The van der Waals surface area contributed by atoms with Crippen molar-refractivity contribution in [3.8, 4) is 11.5 Å². The summed E-state index contributed by atoms with van der Waals surface area (Å²) in [6.07, 6.45) is -0.116. The predicted molar refractivity (Wildman–Crippen MR) is 94.5 cm³/mol. The van der Waals surface area contributed by atoms with Gasteiger partial charge in [-0.2, -0.15) is 0 Å². The predicted octanol–water partition coefficient (Wildman–Crippen LogP) is 1.81. The van der Waals surface area contributed by atoms with Crippen molar-refractivity contribution in [2.24, 2.45) is 0 Å². The Morgan fingerprint density at radius 3 is 2.17 bits per heavy atom. The molecule has 0 saturated heterocycles. The number of carbonyl (C=O) groups excluding carboxylic acids is 1. The summed E-state index contributed by atoms with van der Waals surface area (Å²) in [5, 5.41) is 17.0. The fourth-order valence-corrected chi connectivity index (χ4v) is 2.32. The smallest absolute Gasteiger partial charge is 0.175 e. The maximum atomic E-state index is 10.6. The number of hydrogen-bond donors (Lipinski definition) is 2. The van der Waals surface area contributed by atoms with Gasteiger partial charge in [0.15, 0.2) is 16.6 Å². The van der Waals surface area contributed by atoms with Gasteiger partial charge in [0.25, 0.3) is 0 Å². The van der Waals surface area contributed by atoms with Crippen LogP contribution in [0.25, 0.3) is 0 Å². The molecule has 0 saturated carbocycles. The van der Waals surface area contributed by atoms with Crippen molar-refractivity contribution in [2.75, 3.05) is 24.9 Å². The quantitative estimate of drug-likeness (QED) is 0.773. The lowest BCUT2D eigenvalue weighted by Crippen LogP contribution is -2.24. The minimum Gasteiger partial charge on any atom is -0.550 e. The highest BCUT2D eigenvalue weighted by Gasteiger charge is 2.06. The average Bonchev–Trinajstić information content (AvgIpc) is 2.56. The van der Waals surface area contributed by atoms with Crippen LogP contribution in [0.1, 0.15) is 5.56 Å². The first kappa shape index (κ1) is 17.6. The minimum absolute atomic E-state index is 0.116. The third-order valence-electron chi connectivity index (χ3n) is 3.20. The molecule has 2 rings (SSSR count). The van der Waals surface area contributed by atoms with Crippen molar-refractivity contribution in [3.63, 3.8) is 0 Å². The van der Waals surface area contributed by atoms with E-state index in [0.29, 0.717) is 22.2 Å². The minimum atomic E-state index is -1.11. The van der Waals surface area contributed by atoms with Crippen LogP contribution in [-0.4, -0.2) is 25.3 Å². The van der Waals surface area contributed by atoms with Gasteiger partial charge in [0.2, 0.25) is 0 Å². The van der Waals surface area contributed by atoms with Gasteiger partial charge < -0.3 is 30.0 Å². The molecule has 2 aromatic carbocycles. The molecule has 0 aliphatic heterocycles. The number of carbonyl (C=O) groups is 1. The Labute approximate surface area is 145 Å². The van der Waals surface area contributed by atoms with E-state index in [0.717, 1.165) is 11.4 Å². The first-order valence-corrected chi connectivity index (χ1v) is 7.51. The molecule has 0 bridgehead atoms. The van der Waals surface area contributed by atoms with Crippen molar-refractivity contribution in [1.82, 2.24) is 0 Å². The highest BCUT2D eigenvalue weighted by atomic mass is 32.1. The number of carboxylic acid groups (broad SMARTS) is 1. The normalized spacial score (nSPS) is 9.92. The maximum Gasteiger partial charge on any atom is 0.175 e. The van der Waals surface area contributed by atoms with Crippen molar-refractivity contribution in [1.29, 1.82) is 0 Å². The highest BCUT2D eigenvalue weighted by molar-refractivity contribution is 7.80. The standard InChI is InChI=1S/C17H18N2O4S/c1-22-14-8-7-13(10-15(14)23-2)19-17(24)18-12-5-3-11(4-6-12)9-16(20)21/h3-8,10H,9H2,1-2H3,(H,20,21)(H2,18,19,24)/p-1. The molecule has 0 amide bonds. The Hall–Kier alpha value is -2.80. The zero-order valence-electron chi connectivity index (χ0n) is 13.3. The number of methoxy groups -OCH3 is 2. The lowest BCUT2D eigenvalue weighted by Gasteiger charge is -2.13. The summed E-state index contributed by atoms with van der Waals surface area (Å²) in [5.74, 6) is 0.115. The molecule has 0 spiro atoms. The second-order valence-electron chi connectivity index (χ2n) is 4.89. The number of benzene rings is 2. The highest BCUT2D eigenvalue weighted by Crippen LogP contribution is 2.29. The topological polar surface area (TPSA) is 82.7 Å². The van der Waals surface area contributed by atoms with Crippen LogP contribution < -0.4 is 25.2 Å². The van der Waals surface area contributed by atoms with E-state index in [1.54, 1.807) is 50.6 Å². The van der Waals surface area contributed by atoms with Crippen molar-refractivity contribution in [3.05, 3.63) is 48.0 Å². The third kappa shape index (κ3) is 4.85. The Balaban J connectivity index is 1.99. The molecule has 126 valence electrons. The number of anilines is 2. The summed E-state index contributed by atoms with van der Waals surface area (Å²) in [5.41, 5.74) is 2.16. The second kappa shape index (κ2) is 8.16. The van der Waals surface area contributed by atoms with Crippen LogP contribution in [0.5, 0.6) is 11.5 Å². The zero-order chi connectivity index (χ0) is 17.5. The monoisotopic (exact) mass is 345 g/mol. The summed E-state index contributed by atoms with van der Waals surface area (Å²) >= 11 is 5.26. The lowest BCUT2D eigenvalue weighted by atomic mass is 10.1. The van der Waals surface area contributed by atoms with Crippen LogP contribution in [0.2, 0.25) is 0 Å². The van der Waals surface area contributed by atoms with Gasteiger partial charge in [0.05, 0.1) is 14.2 Å². The van der Waals surface area contributed by atoms with Gasteiger partial charge in [-0.05, 0) is 42.0 Å². The van der Waals surface area contributed by atoms with Crippen LogP contribution in [0.15, 0.2) is 42.5 Å². The van der Waals surface area contributed by atoms with Crippen LogP contribution in [0, 0.1) is 0 Å².